The first-order valence-electron chi connectivity index (χ1n) is 13.4. The van der Waals surface area contributed by atoms with Gasteiger partial charge < -0.3 is 19.3 Å². The summed E-state index contributed by atoms with van der Waals surface area (Å²) in [7, 11) is 0. The van der Waals surface area contributed by atoms with Crippen molar-refractivity contribution in [1.29, 1.82) is 0 Å². The summed E-state index contributed by atoms with van der Waals surface area (Å²) in [5, 5.41) is 10.3. The van der Waals surface area contributed by atoms with Crippen LogP contribution in [0.5, 0.6) is 0 Å². The van der Waals surface area contributed by atoms with Crippen LogP contribution in [-0.4, -0.2) is 41.3 Å². The van der Waals surface area contributed by atoms with Gasteiger partial charge in [0.15, 0.2) is 5.79 Å². The summed E-state index contributed by atoms with van der Waals surface area (Å²) in [4.78, 5) is 13.3. The highest BCUT2D eigenvalue weighted by molar-refractivity contribution is 5.71. The van der Waals surface area contributed by atoms with Crippen molar-refractivity contribution in [3.05, 3.63) is 0 Å². The van der Waals surface area contributed by atoms with Crippen molar-refractivity contribution in [3.8, 4) is 0 Å². The summed E-state index contributed by atoms with van der Waals surface area (Å²) in [6.45, 7) is 9.94. The third-order valence-corrected chi connectivity index (χ3v) is 11.4. The predicted molar refractivity (Wildman–Crippen MR) is 119 cm³/mol. The first-order chi connectivity index (χ1) is 15.2. The molecule has 3 aliphatic heterocycles. The Hall–Kier alpha value is -0.650. The summed E-state index contributed by atoms with van der Waals surface area (Å²) in [6, 6.07) is 0. The zero-order chi connectivity index (χ0) is 22.5. The minimum atomic E-state index is -0.489. The standard InChI is InChI=1S/C27H42O5/c1-15-7-10-27(30-14-15)16(2)24-22(31-27)12-21-19-6-5-17-11-18(28)8-9-25(17,3)20(19)13-23(29)32-26(21,24)4/h15-22,24,28H,5-14H2,1-4H3/t15-,16+,17+,18+,19-,20+,21+,22+,24+,25+,26+,27-/m1/s1. The van der Waals surface area contributed by atoms with Crippen molar-refractivity contribution in [2.24, 2.45) is 46.8 Å². The highest BCUT2D eigenvalue weighted by Crippen LogP contribution is 2.66. The topological polar surface area (TPSA) is 65.0 Å². The van der Waals surface area contributed by atoms with Crippen molar-refractivity contribution in [2.45, 2.75) is 109 Å². The first kappa shape index (κ1) is 21.9. The molecular formula is C27H42O5. The van der Waals surface area contributed by atoms with Crippen molar-refractivity contribution >= 4 is 5.97 Å². The fourth-order valence-corrected chi connectivity index (χ4v) is 9.66. The van der Waals surface area contributed by atoms with Crippen LogP contribution in [0.4, 0.5) is 0 Å². The van der Waals surface area contributed by atoms with E-state index in [4.69, 9.17) is 14.2 Å². The molecule has 0 unspecified atom stereocenters. The van der Waals surface area contributed by atoms with Gasteiger partial charge in [0.1, 0.15) is 5.60 Å². The molecule has 3 aliphatic carbocycles. The number of ether oxygens (including phenoxy) is 3. The lowest BCUT2D eigenvalue weighted by Crippen LogP contribution is -2.53. The van der Waals surface area contributed by atoms with E-state index in [0.29, 0.717) is 36.0 Å². The number of esters is 1. The number of carbonyl (C=O) groups excluding carboxylic acids is 1. The molecule has 5 nitrogen and oxygen atoms in total. The number of fused-ring (bicyclic) bond motifs is 7. The third kappa shape index (κ3) is 2.89. The Morgan fingerprint density at radius 2 is 1.81 bits per heavy atom. The molecule has 6 rings (SSSR count). The zero-order valence-corrected chi connectivity index (χ0v) is 20.3. The molecule has 0 bridgehead atoms. The maximum Gasteiger partial charge on any atom is 0.306 e. The van der Waals surface area contributed by atoms with E-state index in [9.17, 15) is 9.90 Å². The van der Waals surface area contributed by atoms with Gasteiger partial charge in [-0.3, -0.25) is 4.79 Å². The van der Waals surface area contributed by atoms with E-state index in [-0.39, 0.29) is 35.4 Å². The van der Waals surface area contributed by atoms with E-state index >= 15 is 0 Å². The molecule has 3 saturated carbocycles. The smallest absolute Gasteiger partial charge is 0.306 e. The van der Waals surface area contributed by atoms with E-state index in [1.165, 1.54) is 6.42 Å². The van der Waals surface area contributed by atoms with Crippen molar-refractivity contribution < 1.29 is 24.1 Å². The molecular weight excluding hydrogens is 404 g/mol. The van der Waals surface area contributed by atoms with Crippen LogP contribution in [0, 0.1) is 46.8 Å². The van der Waals surface area contributed by atoms with Gasteiger partial charge in [-0.25, -0.2) is 0 Å². The summed E-state index contributed by atoms with van der Waals surface area (Å²) in [6.07, 6.45) is 8.72. The van der Waals surface area contributed by atoms with Crippen molar-refractivity contribution in [3.63, 3.8) is 0 Å². The molecule has 0 aromatic carbocycles. The van der Waals surface area contributed by atoms with Gasteiger partial charge in [0, 0.05) is 30.6 Å². The van der Waals surface area contributed by atoms with E-state index in [0.717, 1.165) is 51.6 Å². The van der Waals surface area contributed by atoms with Crippen molar-refractivity contribution in [1.82, 2.24) is 0 Å². The Bertz CT molecular complexity index is 774. The monoisotopic (exact) mass is 446 g/mol. The molecule has 0 amide bonds. The van der Waals surface area contributed by atoms with Crippen molar-refractivity contribution in [2.75, 3.05) is 6.61 Å². The molecule has 6 aliphatic rings. The molecule has 32 heavy (non-hydrogen) atoms. The maximum atomic E-state index is 13.3. The summed E-state index contributed by atoms with van der Waals surface area (Å²) < 4.78 is 19.6. The van der Waals surface area contributed by atoms with Gasteiger partial charge in [0.25, 0.3) is 0 Å². The Morgan fingerprint density at radius 3 is 2.56 bits per heavy atom. The van der Waals surface area contributed by atoms with Crippen LogP contribution in [0.15, 0.2) is 0 Å². The van der Waals surface area contributed by atoms with Gasteiger partial charge >= 0.3 is 5.97 Å². The van der Waals surface area contributed by atoms with E-state index in [2.05, 4.69) is 27.7 Å². The second-order valence-electron chi connectivity index (χ2n) is 12.9. The largest absolute Gasteiger partial charge is 0.459 e. The molecule has 0 aromatic heterocycles. The second kappa shape index (κ2) is 7.18. The van der Waals surface area contributed by atoms with Crippen LogP contribution in [0.1, 0.15) is 85.5 Å². The van der Waals surface area contributed by atoms with Gasteiger partial charge in [-0.2, -0.15) is 0 Å². The number of carbonyl (C=O) groups is 1. The lowest BCUT2D eigenvalue weighted by Gasteiger charge is -2.56. The fraction of sp³-hybridized carbons (Fsp3) is 0.963. The van der Waals surface area contributed by atoms with Crippen LogP contribution in [0.2, 0.25) is 0 Å². The average molecular weight is 447 g/mol. The summed E-state index contributed by atoms with van der Waals surface area (Å²) >= 11 is 0. The molecule has 3 heterocycles. The van der Waals surface area contributed by atoms with Crippen LogP contribution in [-0.2, 0) is 19.0 Å². The zero-order valence-electron chi connectivity index (χ0n) is 20.3. The Morgan fingerprint density at radius 1 is 1.00 bits per heavy atom. The van der Waals surface area contributed by atoms with E-state index in [1.807, 2.05) is 0 Å². The number of rotatable bonds is 0. The highest BCUT2D eigenvalue weighted by Gasteiger charge is 2.70. The molecule has 1 N–H and O–H groups in total. The molecule has 6 fully saturated rings. The SMILES string of the molecule is C[C@@H]1CC[C@@]2(OC1)O[C@H]1C[C@H]3[C@@H]4CC[C@H]5C[C@@H](O)CC[C@]5(C)[C@H]4CC(=O)O[C@]3(C)[C@H]1[C@@H]2C. The second-order valence-corrected chi connectivity index (χ2v) is 12.9. The molecule has 1 spiro atoms. The minimum Gasteiger partial charge on any atom is -0.459 e. The number of hydrogen-bond donors (Lipinski definition) is 1. The quantitative estimate of drug-likeness (QED) is 0.547. The lowest BCUT2D eigenvalue weighted by molar-refractivity contribution is -0.273. The normalized spacial score (nSPS) is 59.5. The van der Waals surface area contributed by atoms with Crippen LogP contribution in [0.3, 0.4) is 0 Å². The lowest BCUT2D eigenvalue weighted by atomic mass is 9.49. The predicted octanol–water partition coefficient (Wildman–Crippen LogP) is 4.70. The average Bonchev–Trinajstić information content (AvgIpc) is 3.12. The Labute approximate surface area is 192 Å². The van der Waals surface area contributed by atoms with Gasteiger partial charge in [-0.15, -0.1) is 0 Å². The number of aliphatic hydroxyl groups excluding tert-OH is 1. The van der Waals surface area contributed by atoms with Gasteiger partial charge in [-0.1, -0.05) is 20.8 Å². The molecule has 180 valence electrons. The molecule has 0 aromatic rings. The molecule has 0 radical (unpaired) electrons. The maximum absolute atomic E-state index is 13.3. The molecule has 5 heteroatoms. The highest BCUT2D eigenvalue weighted by atomic mass is 16.7. The Balaban J connectivity index is 1.32. The van der Waals surface area contributed by atoms with Gasteiger partial charge in [-0.05, 0) is 81.0 Å². The van der Waals surface area contributed by atoms with Gasteiger partial charge in [0.2, 0.25) is 0 Å². The summed E-state index contributed by atoms with van der Waals surface area (Å²) in [5.41, 5.74) is -0.325. The van der Waals surface area contributed by atoms with Crippen LogP contribution < -0.4 is 0 Å². The van der Waals surface area contributed by atoms with E-state index < -0.39 is 11.4 Å². The minimum absolute atomic E-state index is 0.00928. The van der Waals surface area contributed by atoms with E-state index in [1.54, 1.807) is 0 Å². The molecule has 3 saturated heterocycles. The molecule has 12 atom stereocenters. The third-order valence-electron chi connectivity index (χ3n) is 11.4. The van der Waals surface area contributed by atoms with Gasteiger partial charge in [0.05, 0.1) is 18.8 Å². The number of hydrogen-bond acceptors (Lipinski definition) is 5. The Kier molecular flexibility index (Phi) is 4.90. The number of aliphatic hydroxyl groups is 1. The summed E-state index contributed by atoms with van der Waals surface area (Å²) in [5.74, 6) is 2.29. The van der Waals surface area contributed by atoms with Crippen LogP contribution >= 0.6 is 0 Å². The fourth-order valence-electron chi connectivity index (χ4n) is 9.66. The first-order valence-corrected chi connectivity index (χ1v) is 13.4. The van der Waals surface area contributed by atoms with Crippen LogP contribution in [0.25, 0.3) is 0 Å².